The van der Waals surface area contributed by atoms with Crippen LogP contribution in [0.2, 0.25) is 0 Å². The molecule has 252 valence electrons. The van der Waals surface area contributed by atoms with Gasteiger partial charge in [0.25, 0.3) is 5.91 Å². The Morgan fingerprint density at radius 2 is 1.74 bits per heavy atom. The number of amides is 1. The summed E-state index contributed by atoms with van der Waals surface area (Å²) in [5.41, 5.74) is -3.16. The number of alkyl halides is 6. The standard InChI is InChI=1S/C29H28F6N6O4S2/c1-43-22-12-17(13-23-26(42)41(27(46)47-23)4-2-3-24-36-38-39-37-24)11-21(25(22)45-10-7-40-5-8-44-9-6-40)18-14-19(28(30,31)32)16-20(15-18)29(33,34)35/h11-16H,2-10H2,1H3,(H,36,37,38,39). The number of rotatable bonds is 11. The van der Waals surface area contributed by atoms with E-state index in [-0.39, 0.29) is 51.1 Å². The van der Waals surface area contributed by atoms with Crippen LogP contribution in [0.4, 0.5) is 26.3 Å². The van der Waals surface area contributed by atoms with Crippen LogP contribution in [0.1, 0.15) is 28.9 Å². The number of carbonyl (C=O) groups is 1. The molecule has 0 saturated carbocycles. The fourth-order valence-electron chi connectivity index (χ4n) is 4.96. The molecule has 10 nitrogen and oxygen atoms in total. The van der Waals surface area contributed by atoms with Crippen LogP contribution in [0.15, 0.2) is 35.2 Å². The maximum atomic E-state index is 13.8. The molecule has 2 saturated heterocycles. The smallest absolute Gasteiger partial charge is 0.416 e. The number of tetrazole rings is 1. The molecule has 2 aliphatic heterocycles. The molecular weight excluding hydrogens is 674 g/mol. The van der Waals surface area contributed by atoms with E-state index in [1.54, 1.807) is 0 Å². The molecule has 0 atom stereocenters. The van der Waals surface area contributed by atoms with E-state index in [2.05, 4.69) is 25.5 Å². The average Bonchev–Trinajstić information content (AvgIpc) is 3.64. The van der Waals surface area contributed by atoms with Crippen LogP contribution in [0.3, 0.4) is 0 Å². The van der Waals surface area contributed by atoms with Gasteiger partial charge in [0, 0.05) is 38.2 Å². The molecule has 0 aliphatic carbocycles. The van der Waals surface area contributed by atoms with E-state index in [1.807, 2.05) is 0 Å². The largest absolute Gasteiger partial charge is 0.493 e. The Balaban J connectivity index is 1.51. The number of benzene rings is 2. The molecule has 47 heavy (non-hydrogen) atoms. The lowest BCUT2D eigenvalue weighted by atomic mass is 9.96. The summed E-state index contributed by atoms with van der Waals surface area (Å²) in [6.45, 7) is 3.10. The van der Waals surface area contributed by atoms with Crippen LogP contribution in [0, 0.1) is 0 Å². The first-order valence-corrected chi connectivity index (χ1v) is 15.5. The maximum Gasteiger partial charge on any atom is 0.416 e. The number of aromatic amines is 1. The number of ether oxygens (including phenoxy) is 3. The number of nitrogens with zero attached hydrogens (tertiary/aromatic N) is 5. The minimum absolute atomic E-state index is 0.0422. The van der Waals surface area contributed by atoms with Crippen molar-refractivity contribution in [2.75, 3.05) is 53.1 Å². The van der Waals surface area contributed by atoms with Crippen molar-refractivity contribution >= 4 is 40.3 Å². The number of aryl methyl sites for hydroxylation is 1. The zero-order valence-electron chi connectivity index (χ0n) is 24.8. The maximum absolute atomic E-state index is 13.8. The van der Waals surface area contributed by atoms with Gasteiger partial charge in [-0.25, -0.2) is 0 Å². The summed E-state index contributed by atoms with van der Waals surface area (Å²) >= 11 is 6.42. The molecular formula is C29H28F6N6O4S2. The van der Waals surface area contributed by atoms with Gasteiger partial charge in [-0.3, -0.25) is 14.6 Å². The number of carbonyl (C=O) groups excluding carboxylic acids is 1. The summed E-state index contributed by atoms with van der Waals surface area (Å²) in [7, 11) is 1.30. The fraction of sp³-hybridized carbons (Fsp3) is 0.414. The highest BCUT2D eigenvalue weighted by atomic mass is 32.2. The molecule has 1 aromatic heterocycles. The molecule has 0 unspecified atom stereocenters. The zero-order valence-corrected chi connectivity index (χ0v) is 26.4. The summed E-state index contributed by atoms with van der Waals surface area (Å²) in [4.78, 5) is 16.9. The lowest BCUT2D eigenvalue weighted by Gasteiger charge is -2.27. The van der Waals surface area contributed by atoms with Crippen molar-refractivity contribution in [1.29, 1.82) is 0 Å². The molecule has 3 heterocycles. The predicted octanol–water partition coefficient (Wildman–Crippen LogP) is 5.46. The van der Waals surface area contributed by atoms with Gasteiger partial charge in [0.1, 0.15) is 10.9 Å². The lowest BCUT2D eigenvalue weighted by molar-refractivity contribution is -0.143. The highest BCUT2D eigenvalue weighted by molar-refractivity contribution is 8.26. The molecule has 1 amide bonds. The average molecular weight is 703 g/mol. The molecule has 0 bridgehead atoms. The van der Waals surface area contributed by atoms with Crippen LogP contribution in [0.5, 0.6) is 11.5 Å². The number of thioether (sulfide) groups is 1. The topological polar surface area (TPSA) is 106 Å². The van der Waals surface area contributed by atoms with Gasteiger partial charge < -0.3 is 14.2 Å². The second-order valence-electron chi connectivity index (χ2n) is 10.5. The Morgan fingerprint density at radius 1 is 1.04 bits per heavy atom. The number of aromatic nitrogens is 4. The third kappa shape index (κ3) is 8.60. The second kappa shape index (κ2) is 14.6. The van der Waals surface area contributed by atoms with Crippen LogP contribution in [-0.4, -0.2) is 93.8 Å². The molecule has 2 aliphatic rings. The number of morpholine rings is 1. The Labute approximate surface area is 274 Å². The normalized spacial score (nSPS) is 17.2. The van der Waals surface area contributed by atoms with Crippen molar-refractivity contribution < 1.29 is 45.3 Å². The zero-order chi connectivity index (χ0) is 33.8. The lowest BCUT2D eigenvalue weighted by Crippen LogP contribution is -2.38. The molecule has 0 spiro atoms. The molecule has 1 N–H and O–H groups in total. The summed E-state index contributed by atoms with van der Waals surface area (Å²) in [6.07, 6.45) is -7.73. The van der Waals surface area contributed by atoms with Crippen molar-refractivity contribution in [3.05, 3.63) is 57.8 Å². The van der Waals surface area contributed by atoms with Crippen molar-refractivity contribution in [2.24, 2.45) is 0 Å². The van der Waals surface area contributed by atoms with Crippen LogP contribution >= 0.6 is 24.0 Å². The molecule has 5 rings (SSSR count). The monoisotopic (exact) mass is 702 g/mol. The Bertz CT molecular complexity index is 1600. The van der Waals surface area contributed by atoms with E-state index >= 15 is 0 Å². The molecule has 2 fully saturated rings. The second-order valence-corrected chi connectivity index (χ2v) is 12.1. The van der Waals surface area contributed by atoms with Crippen LogP contribution in [0.25, 0.3) is 17.2 Å². The van der Waals surface area contributed by atoms with Crippen molar-refractivity contribution in [1.82, 2.24) is 30.4 Å². The first kappa shape index (κ1) is 34.6. The number of hydrogen-bond donors (Lipinski definition) is 1. The number of nitrogens with one attached hydrogen (secondary N) is 1. The van der Waals surface area contributed by atoms with E-state index in [0.29, 0.717) is 63.6 Å². The SMILES string of the molecule is COc1cc(C=C2SC(=S)N(CCCc3nn[nH]n3)C2=O)cc(-c2cc(C(F)(F)F)cc(C(F)(F)F)c2)c1OCCN1CCOCC1. The molecule has 18 heteroatoms. The predicted molar refractivity (Wildman–Crippen MR) is 164 cm³/mol. The fourth-order valence-corrected chi connectivity index (χ4v) is 6.27. The van der Waals surface area contributed by atoms with E-state index in [9.17, 15) is 31.1 Å². The van der Waals surface area contributed by atoms with Gasteiger partial charge in [0.2, 0.25) is 0 Å². The van der Waals surface area contributed by atoms with Crippen molar-refractivity contribution in [3.63, 3.8) is 0 Å². The van der Waals surface area contributed by atoms with Gasteiger partial charge >= 0.3 is 12.4 Å². The minimum atomic E-state index is -5.06. The summed E-state index contributed by atoms with van der Waals surface area (Å²) < 4.78 is 100. The third-order valence-corrected chi connectivity index (χ3v) is 8.67. The minimum Gasteiger partial charge on any atom is -0.493 e. The number of methoxy groups -OCH3 is 1. The Hall–Kier alpha value is -3.74. The Morgan fingerprint density at radius 3 is 2.36 bits per heavy atom. The Kier molecular flexibility index (Phi) is 10.7. The molecule has 2 aromatic carbocycles. The number of hydrogen-bond acceptors (Lipinski definition) is 10. The van der Waals surface area contributed by atoms with Crippen LogP contribution < -0.4 is 9.47 Å². The first-order chi connectivity index (χ1) is 22.3. The quantitative estimate of drug-likeness (QED) is 0.158. The van der Waals surface area contributed by atoms with Gasteiger partial charge in [0.15, 0.2) is 17.3 Å². The summed E-state index contributed by atoms with van der Waals surface area (Å²) in [6, 6.07) is 4.19. The van der Waals surface area contributed by atoms with Crippen molar-refractivity contribution in [3.8, 4) is 22.6 Å². The first-order valence-electron chi connectivity index (χ1n) is 14.3. The summed E-state index contributed by atoms with van der Waals surface area (Å²) in [5.74, 6) is 0.0793. The van der Waals surface area contributed by atoms with E-state index in [4.69, 9.17) is 26.4 Å². The summed E-state index contributed by atoms with van der Waals surface area (Å²) in [5, 5.41) is 13.6. The van der Waals surface area contributed by atoms with Gasteiger partial charge in [0.05, 0.1) is 36.4 Å². The van der Waals surface area contributed by atoms with E-state index in [1.165, 1.54) is 30.2 Å². The van der Waals surface area contributed by atoms with Gasteiger partial charge in [-0.15, -0.1) is 10.2 Å². The van der Waals surface area contributed by atoms with Gasteiger partial charge in [-0.05, 0) is 54.0 Å². The number of thiocarbonyl (C=S) groups is 1. The third-order valence-electron chi connectivity index (χ3n) is 7.30. The highest BCUT2D eigenvalue weighted by Crippen LogP contribution is 2.45. The van der Waals surface area contributed by atoms with Gasteiger partial charge in [-0.2, -0.15) is 31.6 Å². The van der Waals surface area contributed by atoms with Gasteiger partial charge in [-0.1, -0.05) is 29.2 Å². The number of H-pyrrole nitrogens is 1. The highest BCUT2D eigenvalue weighted by Gasteiger charge is 2.38. The molecule has 0 radical (unpaired) electrons. The van der Waals surface area contributed by atoms with Crippen molar-refractivity contribution in [2.45, 2.75) is 25.2 Å². The number of halogens is 6. The molecule has 3 aromatic rings. The van der Waals surface area contributed by atoms with E-state index < -0.39 is 35.0 Å². The van der Waals surface area contributed by atoms with Crippen LogP contribution in [-0.2, 0) is 28.3 Å². The van der Waals surface area contributed by atoms with E-state index in [0.717, 1.165) is 11.8 Å².